The van der Waals surface area contributed by atoms with Crippen molar-refractivity contribution in [2.45, 2.75) is 25.3 Å². The molecular formula is C21H22BrNO2. The van der Waals surface area contributed by atoms with Gasteiger partial charge in [0.15, 0.2) is 11.5 Å². The van der Waals surface area contributed by atoms with E-state index in [0.717, 1.165) is 22.4 Å². The van der Waals surface area contributed by atoms with Crippen molar-refractivity contribution in [3.8, 4) is 11.5 Å². The largest absolute Gasteiger partial charge is 0.493 e. The number of nitrogens with one attached hydrogen (secondary N) is 1. The summed E-state index contributed by atoms with van der Waals surface area (Å²) in [6.45, 7) is 2.17. The summed E-state index contributed by atoms with van der Waals surface area (Å²) in [5.41, 5.74) is 5.19. The van der Waals surface area contributed by atoms with Crippen molar-refractivity contribution in [2.24, 2.45) is 5.92 Å². The fourth-order valence-electron chi connectivity index (χ4n) is 4.23. The molecule has 2 aliphatic rings. The highest BCUT2D eigenvalue weighted by atomic mass is 79.9. The average Bonchev–Trinajstić information content (AvgIpc) is 3.10. The molecule has 0 amide bonds. The Morgan fingerprint density at radius 3 is 2.76 bits per heavy atom. The van der Waals surface area contributed by atoms with Gasteiger partial charge in [0.1, 0.15) is 0 Å². The van der Waals surface area contributed by atoms with Gasteiger partial charge in [0.25, 0.3) is 0 Å². The first kappa shape index (κ1) is 16.5. The van der Waals surface area contributed by atoms with Crippen LogP contribution in [0.2, 0.25) is 0 Å². The Morgan fingerprint density at radius 2 is 2.00 bits per heavy atom. The summed E-state index contributed by atoms with van der Waals surface area (Å²) in [6.07, 6.45) is 5.77. The monoisotopic (exact) mass is 399 g/mol. The highest BCUT2D eigenvalue weighted by Crippen LogP contribution is 2.51. The van der Waals surface area contributed by atoms with Crippen LogP contribution in [-0.4, -0.2) is 14.2 Å². The smallest absolute Gasteiger partial charge is 0.174 e. The molecule has 2 aromatic rings. The van der Waals surface area contributed by atoms with E-state index >= 15 is 0 Å². The molecule has 3 atom stereocenters. The molecule has 1 aliphatic carbocycles. The Morgan fingerprint density at radius 1 is 1.16 bits per heavy atom. The number of fused-ring (bicyclic) bond motifs is 3. The van der Waals surface area contributed by atoms with Crippen LogP contribution in [0.15, 0.2) is 47.0 Å². The maximum atomic E-state index is 5.55. The van der Waals surface area contributed by atoms with Crippen molar-refractivity contribution in [3.63, 3.8) is 0 Å². The van der Waals surface area contributed by atoms with Crippen LogP contribution in [0.25, 0.3) is 0 Å². The number of halogens is 1. The van der Waals surface area contributed by atoms with Gasteiger partial charge in [-0.2, -0.15) is 0 Å². The molecular weight excluding hydrogens is 378 g/mol. The van der Waals surface area contributed by atoms with Crippen LogP contribution >= 0.6 is 15.9 Å². The van der Waals surface area contributed by atoms with E-state index in [9.17, 15) is 0 Å². The lowest BCUT2D eigenvalue weighted by Gasteiger charge is -2.38. The number of rotatable bonds is 3. The summed E-state index contributed by atoms with van der Waals surface area (Å²) in [4.78, 5) is 0. The molecule has 1 heterocycles. The molecule has 1 aliphatic heterocycles. The molecule has 4 heteroatoms. The normalized spacial score (nSPS) is 23.6. The lowest BCUT2D eigenvalue weighted by atomic mass is 9.76. The summed E-state index contributed by atoms with van der Waals surface area (Å²) in [5.74, 6) is 2.47. The third kappa shape index (κ3) is 2.63. The molecule has 4 rings (SSSR count). The summed E-state index contributed by atoms with van der Waals surface area (Å²) in [6, 6.07) is 11.1. The minimum absolute atomic E-state index is 0.240. The van der Waals surface area contributed by atoms with Crippen molar-refractivity contribution in [2.75, 3.05) is 19.5 Å². The molecule has 130 valence electrons. The lowest BCUT2D eigenvalue weighted by molar-refractivity contribution is 0.351. The van der Waals surface area contributed by atoms with E-state index < -0.39 is 0 Å². The summed E-state index contributed by atoms with van der Waals surface area (Å²) < 4.78 is 11.9. The standard InChI is InChI=1S/C21H22BrNO2/c1-12-6-4-8-15-14-7-5-9-16(14)20(23-19(12)15)13-10-17(22)21(25-3)18(11-13)24-2/h4-8,10-11,14,16,20,23H,9H2,1-3H3/t14-,16-,20-/m1/s1. The number of hydrogen-bond donors (Lipinski definition) is 1. The second-order valence-corrected chi connectivity index (χ2v) is 7.61. The molecule has 0 bridgehead atoms. The van der Waals surface area contributed by atoms with E-state index in [4.69, 9.17) is 9.47 Å². The Bertz CT molecular complexity index is 846. The van der Waals surface area contributed by atoms with Gasteiger partial charge in [-0.3, -0.25) is 0 Å². The molecule has 25 heavy (non-hydrogen) atoms. The molecule has 0 spiro atoms. The second kappa shape index (κ2) is 6.41. The van der Waals surface area contributed by atoms with Crippen LogP contribution in [0.1, 0.15) is 35.1 Å². The number of methoxy groups -OCH3 is 2. The Hall–Kier alpha value is -1.94. The lowest BCUT2D eigenvalue weighted by Crippen LogP contribution is -2.29. The van der Waals surface area contributed by atoms with Crippen molar-refractivity contribution >= 4 is 21.6 Å². The maximum Gasteiger partial charge on any atom is 0.174 e. The zero-order valence-electron chi connectivity index (χ0n) is 14.7. The molecule has 0 saturated carbocycles. The molecule has 0 aromatic heterocycles. The minimum atomic E-state index is 0.240. The van der Waals surface area contributed by atoms with Gasteiger partial charge in [-0.15, -0.1) is 0 Å². The molecule has 2 aromatic carbocycles. The molecule has 1 N–H and O–H groups in total. The Balaban J connectivity index is 1.82. The van der Waals surface area contributed by atoms with Crippen LogP contribution in [0.3, 0.4) is 0 Å². The van der Waals surface area contributed by atoms with Crippen molar-refractivity contribution in [1.29, 1.82) is 0 Å². The highest BCUT2D eigenvalue weighted by molar-refractivity contribution is 9.10. The predicted octanol–water partition coefficient (Wildman–Crippen LogP) is 5.60. The number of para-hydroxylation sites is 1. The van der Waals surface area contributed by atoms with Crippen LogP contribution in [0, 0.1) is 12.8 Å². The van der Waals surface area contributed by atoms with Gasteiger partial charge in [0, 0.05) is 11.6 Å². The van der Waals surface area contributed by atoms with Crippen LogP contribution in [-0.2, 0) is 0 Å². The van der Waals surface area contributed by atoms with Gasteiger partial charge in [0.2, 0.25) is 0 Å². The Labute approximate surface area is 157 Å². The van der Waals surface area contributed by atoms with E-state index in [1.165, 1.54) is 22.4 Å². The van der Waals surface area contributed by atoms with Crippen LogP contribution in [0.5, 0.6) is 11.5 Å². The van der Waals surface area contributed by atoms with Gasteiger partial charge in [-0.05, 0) is 64.0 Å². The number of anilines is 1. The highest BCUT2D eigenvalue weighted by Gasteiger charge is 2.38. The second-order valence-electron chi connectivity index (χ2n) is 6.75. The molecule has 0 saturated heterocycles. The zero-order valence-corrected chi connectivity index (χ0v) is 16.3. The first-order valence-corrected chi connectivity index (χ1v) is 9.37. The summed E-state index contributed by atoms with van der Waals surface area (Å²) >= 11 is 3.64. The molecule has 0 radical (unpaired) electrons. The summed E-state index contributed by atoms with van der Waals surface area (Å²) in [7, 11) is 3.35. The molecule has 0 fully saturated rings. The number of allylic oxidation sites excluding steroid dienone is 2. The third-order valence-corrected chi connectivity index (χ3v) is 6.01. The Kier molecular flexibility index (Phi) is 4.24. The van der Waals surface area contributed by atoms with E-state index in [2.05, 4.69) is 70.7 Å². The van der Waals surface area contributed by atoms with Crippen LogP contribution in [0.4, 0.5) is 5.69 Å². The van der Waals surface area contributed by atoms with Gasteiger partial charge in [-0.1, -0.05) is 30.4 Å². The van der Waals surface area contributed by atoms with Gasteiger partial charge < -0.3 is 14.8 Å². The van der Waals surface area contributed by atoms with E-state index in [1.54, 1.807) is 14.2 Å². The molecule has 3 nitrogen and oxygen atoms in total. The third-order valence-electron chi connectivity index (χ3n) is 5.42. The molecule has 0 unspecified atom stereocenters. The number of hydrogen-bond acceptors (Lipinski definition) is 3. The topological polar surface area (TPSA) is 30.5 Å². The number of aryl methyl sites for hydroxylation is 1. The summed E-state index contributed by atoms with van der Waals surface area (Å²) in [5, 5.41) is 3.81. The van der Waals surface area contributed by atoms with E-state index in [1.807, 2.05) is 0 Å². The SMILES string of the molecule is COc1cc([C@H]2Nc3c(C)cccc3[C@H]3C=CC[C@H]32)cc(Br)c1OC. The van der Waals surface area contributed by atoms with Crippen molar-refractivity contribution < 1.29 is 9.47 Å². The fourth-order valence-corrected chi connectivity index (χ4v) is 4.85. The van der Waals surface area contributed by atoms with E-state index in [-0.39, 0.29) is 6.04 Å². The fraction of sp³-hybridized carbons (Fsp3) is 0.333. The van der Waals surface area contributed by atoms with Gasteiger partial charge in [-0.25, -0.2) is 0 Å². The quantitative estimate of drug-likeness (QED) is 0.681. The first-order chi connectivity index (χ1) is 12.1. The number of benzene rings is 2. The maximum absolute atomic E-state index is 5.55. The zero-order chi connectivity index (χ0) is 17.6. The van der Waals surface area contributed by atoms with Crippen LogP contribution < -0.4 is 14.8 Å². The van der Waals surface area contributed by atoms with E-state index in [0.29, 0.717) is 11.8 Å². The van der Waals surface area contributed by atoms with Gasteiger partial charge >= 0.3 is 0 Å². The minimum Gasteiger partial charge on any atom is -0.493 e. The predicted molar refractivity (Wildman–Crippen MR) is 105 cm³/mol. The number of ether oxygens (including phenoxy) is 2. The first-order valence-electron chi connectivity index (χ1n) is 8.58. The van der Waals surface area contributed by atoms with Crippen molar-refractivity contribution in [3.05, 3.63) is 63.6 Å². The van der Waals surface area contributed by atoms with Crippen molar-refractivity contribution in [1.82, 2.24) is 0 Å². The van der Waals surface area contributed by atoms with Gasteiger partial charge in [0.05, 0.1) is 24.7 Å². The average molecular weight is 400 g/mol.